The number of aliphatic hydroxyl groups is 1. The van der Waals surface area contributed by atoms with Crippen molar-refractivity contribution in [2.24, 2.45) is 0 Å². The molecule has 1 rings (SSSR count). The molecule has 0 fully saturated rings. The highest BCUT2D eigenvalue weighted by atomic mass is 16.5. The number of methoxy groups -OCH3 is 1. The zero-order chi connectivity index (χ0) is 10.6. The maximum Gasteiger partial charge on any atom is 0.125 e. The number of hydrogen-bond donors (Lipinski definition) is 1. The predicted molar refractivity (Wildman–Crippen MR) is 57.9 cm³/mol. The van der Waals surface area contributed by atoms with E-state index in [1.54, 1.807) is 7.11 Å². The summed E-state index contributed by atoms with van der Waals surface area (Å²) in [6, 6.07) is 6.09. The molecule has 0 aliphatic heterocycles. The van der Waals surface area contributed by atoms with Crippen molar-refractivity contribution in [3.8, 4) is 5.75 Å². The lowest BCUT2D eigenvalue weighted by Crippen LogP contribution is -2.00. The van der Waals surface area contributed by atoms with Gasteiger partial charge >= 0.3 is 0 Å². The molecule has 2 nitrogen and oxygen atoms in total. The number of benzene rings is 1. The molecule has 2 heteroatoms. The molecule has 0 heterocycles. The van der Waals surface area contributed by atoms with Gasteiger partial charge in [-0.15, -0.1) is 0 Å². The van der Waals surface area contributed by atoms with Gasteiger partial charge in [-0.25, -0.2) is 0 Å². The van der Waals surface area contributed by atoms with Crippen LogP contribution in [0.4, 0.5) is 0 Å². The molecule has 0 aromatic heterocycles. The second kappa shape index (κ2) is 5.01. The monoisotopic (exact) mass is 194 g/mol. The second-order valence-corrected chi connectivity index (χ2v) is 3.67. The summed E-state index contributed by atoms with van der Waals surface area (Å²) in [5.41, 5.74) is 2.29. The van der Waals surface area contributed by atoms with Crippen molar-refractivity contribution in [3.63, 3.8) is 0 Å². The number of ether oxygens (including phenoxy) is 1. The maximum absolute atomic E-state index is 8.91. The van der Waals surface area contributed by atoms with Crippen LogP contribution in [-0.2, 0) is 6.42 Å². The van der Waals surface area contributed by atoms with E-state index in [0.29, 0.717) is 12.3 Å². The normalized spacial score (nSPS) is 10.6. The summed E-state index contributed by atoms with van der Waals surface area (Å²) in [5, 5.41) is 8.91. The topological polar surface area (TPSA) is 29.5 Å². The number of para-hydroxylation sites is 1. The SMILES string of the molecule is COc1c(CCO)cccc1C(C)C. The van der Waals surface area contributed by atoms with Gasteiger partial charge in [-0.2, -0.15) is 0 Å². The van der Waals surface area contributed by atoms with Gasteiger partial charge < -0.3 is 9.84 Å². The summed E-state index contributed by atoms with van der Waals surface area (Å²) < 4.78 is 5.38. The molecule has 0 bridgehead atoms. The van der Waals surface area contributed by atoms with Gasteiger partial charge in [0.25, 0.3) is 0 Å². The molecule has 0 aliphatic rings. The molecule has 0 saturated heterocycles. The van der Waals surface area contributed by atoms with Crippen LogP contribution in [0.25, 0.3) is 0 Å². The van der Waals surface area contributed by atoms with Crippen molar-refractivity contribution < 1.29 is 9.84 Å². The third-order valence-corrected chi connectivity index (χ3v) is 2.33. The van der Waals surface area contributed by atoms with Crippen LogP contribution in [-0.4, -0.2) is 18.8 Å². The Morgan fingerprint density at radius 3 is 2.57 bits per heavy atom. The minimum absolute atomic E-state index is 0.165. The molecule has 1 N–H and O–H groups in total. The Hall–Kier alpha value is -1.02. The molecule has 1 aromatic rings. The van der Waals surface area contributed by atoms with Crippen LogP contribution >= 0.6 is 0 Å². The quantitative estimate of drug-likeness (QED) is 0.797. The zero-order valence-corrected chi connectivity index (χ0v) is 9.08. The summed E-state index contributed by atoms with van der Waals surface area (Å²) in [6.45, 7) is 4.44. The van der Waals surface area contributed by atoms with Crippen LogP contribution in [0.3, 0.4) is 0 Å². The van der Waals surface area contributed by atoms with Crippen molar-refractivity contribution in [2.75, 3.05) is 13.7 Å². The molecule has 0 aliphatic carbocycles. The summed E-state index contributed by atoms with van der Waals surface area (Å²) >= 11 is 0. The van der Waals surface area contributed by atoms with E-state index < -0.39 is 0 Å². The first-order chi connectivity index (χ1) is 6.70. The van der Waals surface area contributed by atoms with E-state index in [9.17, 15) is 0 Å². The minimum atomic E-state index is 0.165. The fourth-order valence-corrected chi connectivity index (χ4v) is 1.63. The van der Waals surface area contributed by atoms with Gasteiger partial charge in [0, 0.05) is 6.61 Å². The highest BCUT2D eigenvalue weighted by molar-refractivity contribution is 5.43. The van der Waals surface area contributed by atoms with Gasteiger partial charge in [-0.1, -0.05) is 32.0 Å². The van der Waals surface area contributed by atoms with Gasteiger partial charge in [-0.05, 0) is 23.5 Å². The van der Waals surface area contributed by atoms with E-state index >= 15 is 0 Å². The van der Waals surface area contributed by atoms with Crippen molar-refractivity contribution in [2.45, 2.75) is 26.2 Å². The molecule has 0 radical (unpaired) electrons. The highest BCUT2D eigenvalue weighted by Crippen LogP contribution is 2.29. The Morgan fingerprint density at radius 1 is 1.36 bits per heavy atom. The molecule has 0 amide bonds. The van der Waals surface area contributed by atoms with Crippen molar-refractivity contribution in [3.05, 3.63) is 29.3 Å². The summed E-state index contributed by atoms with van der Waals surface area (Å²) in [6.07, 6.45) is 0.656. The first-order valence-electron chi connectivity index (χ1n) is 4.97. The Bertz CT molecular complexity index is 292. The first kappa shape index (κ1) is 11.1. The smallest absolute Gasteiger partial charge is 0.125 e. The molecule has 0 atom stereocenters. The van der Waals surface area contributed by atoms with Gasteiger partial charge in [0.15, 0.2) is 0 Å². The third kappa shape index (κ3) is 2.26. The van der Waals surface area contributed by atoms with E-state index in [1.807, 2.05) is 12.1 Å². The third-order valence-electron chi connectivity index (χ3n) is 2.33. The molecule has 0 spiro atoms. The molecule has 78 valence electrons. The largest absolute Gasteiger partial charge is 0.496 e. The van der Waals surface area contributed by atoms with Crippen LogP contribution in [0, 0.1) is 0 Å². The van der Waals surface area contributed by atoms with Crippen LogP contribution in [0.15, 0.2) is 18.2 Å². The van der Waals surface area contributed by atoms with Gasteiger partial charge in [0.2, 0.25) is 0 Å². The Morgan fingerprint density at radius 2 is 2.07 bits per heavy atom. The van der Waals surface area contributed by atoms with Gasteiger partial charge in [0.05, 0.1) is 7.11 Å². The predicted octanol–water partition coefficient (Wildman–Crippen LogP) is 2.35. The highest BCUT2D eigenvalue weighted by Gasteiger charge is 2.10. The van der Waals surface area contributed by atoms with E-state index in [0.717, 1.165) is 11.3 Å². The lowest BCUT2D eigenvalue weighted by atomic mass is 9.98. The Kier molecular flexibility index (Phi) is 3.96. The molecular formula is C12H18O2. The van der Waals surface area contributed by atoms with Crippen LogP contribution < -0.4 is 4.74 Å². The zero-order valence-electron chi connectivity index (χ0n) is 9.08. The van der Waals surface area contributed by atoms with Crippen LogP contribution in [0.5, 0.6) is 5.75 Å². The van der Waals surface area contributed by atoms with Crippen LogP contribution in [0.1, 0.15) is 30.9 Å². The number of rotatable bonds is 4. The minimum Gasteiger partial charge on any atom is -0.496 e. The van der Waals surface area contributed by atoms with Crippen molar-refractivity contribution in [1.82, 2.24) is 0 Å². The van der Waals surface area contributed by atoms with Gasteiger partial charge in [0.1, 0.15) is 5.75 Å². The fourth-order valence-electron chi connectivity index (χ4n) is 1.63. The van der Waals surface area contributed by atoms with E-state index in [2.05, 4.69) is 19.9 Å². The molecular weight excluding hydrogens is 176 g/mol. The van der Waals surface area contributed by atoms with E-state index in [-0.39, 0.29) is 6.61 Å². The van der Waals surface area contributed by atoms with E-state index in [1.165, 1.54) is 5.56 Å². The Balaban J connectivity index is 3.11. The standard InChI is InChI=1S/C12H18O2/c1-9(2)11-6-4-5-10(7-8-13)12(11)14-3/h4-6,9,13H,7-8H2,1-3H3. The van der Waals surface area contributed by atoms with E-state index in [4.69, 9.17) is 9.84 Å². The average molecular weight is 194 g/mol. The van der Waals surface area contributed by atoms with Crippen molar-refractivity contribution >= 4 is 0 Å². The number of aliphatic hydroxyl groups excluding tert-OH is 1. The number of hydrogen-bond acceptors (Lipinski definition) is 2. The average Bonchev–Trinajstić information content (AvgIpc) is 2.18. The summed E-state index contributed by atoms with van der Waals surface area (Å²) in [4.78, 5) is 0. The molecule has 14 heavy (non-hydrogen) atoms. The van der Waals surface area contributed by atoms with Crippen LogP contribution in [0.2, 0.25) is 0 Å². The molecule has 0 unspecified atom stereocenters. The van der Waals surface area contributed by atoms with Gasteiger partial charge in [-0.3, -0.25) is 0 Å². The van der Waals surface area contributed by atoms with Crippen molar-refractivity contribution in [1.29, 1.82) is 0 Å². The molecule has 1 aromatic carbocycles. The Labute approximate surface area is 85.5 Å². The lowest BCUT2D eigenvalue weighted by Gasteiger charge is -2.15. The summed E-state index contributed by atoms with van der Waals surface area (Å²) in [5.74, 6) is 1.38. The lowest BCUT2D eigenvalue weighted by molar-refractivity contribution is 0.296. The maximum atomic E-state index is 8.91. The molecule has 0 saturated carbocycles. The second-order valence-electron chi connectivity index (χ2n) is 3.67. The summed E-state index contributed by atoms with van der Waals surface area (Å²) in [7, 11) is 1.68. The fraction of sp³-hybridized carbons (Fsp3) is 0.500. The first-order valence-corrected chi connectivity index (χ1v) is 4.97.